The van der Waals surface area contributed by atoms with Crippen molar-refractivity contribution in [3.8, 4) is 5.75 Å². The number of ether oxygens (including phenoxy) is 3. The van der Waals surface area contributed by atoms with Gasteiger partial charge >= 0.3 is 12.3 Å². The van der Waals surface area contributed by atoms with Gasteiger partial charge in [0.2, 0.25) is 0 Å². The molecule has 150 valence electrons. The molecular formula is C19H24F3NO4. The van der Waals surface area contributed by atoms with Crippen molar-refractivity contribution in [2.24, 2.45) is 0 Å². The van der Waals surface area contributed by atoms with Crippen LogP contribution < -0.4 is 10.1 Å². The number of hydrogen-bond donors (Lipinski definition) is 1. The maximum Gasteiger partial charge on any atom is 0.421 e. The topological polar surface area (TPSA) is 56.8 Å². The minimum Gasteiger partial charge on any atom is -0.490 e. The van der Waals surface area contributed by atoms with E-state index in [2.05, 4.69) is 5.32 Å². The molecule has 0 spiro atoms. The van der Waals surface area contributed by atoms with E-state index in [-0.39, 0.29) is 30.7 Å². The first-order valence-corrected chi connectivity index (χ1v) is 8.96. The minimum absolute atomic E-state index is 0.0569. The van der Waals surface area contributed by atoms with Crippen LogP contribution >= 0.6 is 0 Å². The molecule has 3 rings (SSSR count). The van der Waals surface area contributed by atoms with Crippen LogP contribution in [-0.2, 0) is 15.1 Å². The second-order valence-electron chi connectivity index (χ2n) is 8.01. The molecule has 1 aliphatic carbocycles. The number of halogens is 3. The van der Waals surface area contributed by atoms with E-state index in [0.29, 0.717) is 18.6 Å². The molecule has 1 saturated heterocycles. The number of alkyl halides is 3. The van der Waals surface area contributed by atoms with E-state index in [1.54, 1.807) is 26.8 Å². The van der Waals surface area contributed by atoms with Crippen molar-refractivity contribution in [1.82, 2.24) is 5.32 Å². The Morgan fingerprint density at radius 1 is 1.26 bits per heavy atom. The minimum atomic E-state index is -4.47. The van der Waals surface area contributed by atoms with Gasteiger partial charge in [-0.3, -0.25) is 0 Å². The van der Waals surface area contributed by atoms with E-state index in [0.717, 1.165) is 0 Å². The summed E-state index contributed by atoms with van der Waals surface area (Å²) in [5.74, 6) is 0.368. The number of hydrogen-bond acceptors (Lipinski definition) is 4. The van der Waals surface area contributed by atoms with E-state index in [9.17, 15) is 18.0 Å². The van der Waals surface area contributed by atoms with Gasteiger partial charge in [-0.1, -0.05) is 12.1 Å². The van der Waals surface area contributed by atoms with Crippen LogP contribution in [0.25, 0.3) is 0 Å². The largest absolute Gasteiger partial charge is 0.490 e. The molecular weight excluding hydrogens is 363 g/mol. The maximum atomic E-state index is 13.4. The Labute approximate surface area is 156 Å². The van der Waals surface area contributed by atoms with Gasteiger partial charge in [0.05, 0.1) is 6.61 Å². The predicted molar refractivity (Wildman–Crippen MR) is 91.6 cm³/mol. The zero-order valence-corrected chi connectivity index (χ0v) is 15.6. The second kappa shape index (κ2) is 6.89. The molecule has 1 unspecified atom stereocenters. The first kappa shape index (κ1) is 19.8. The van der Waals surface area contributed by atoms with Crippen molar-refractivity contribution in [3.05, 3.63) is 29.8 Å². The van der Waals surface area contributed by atoms with Crippen LogP contribution in [0.15, 0.2) is 24.3 Å². The van der Waals surface area contributed by atoms with Crippen LogP contribution in [0.3, 0.4) is 0 Å². The van der Waals surface area contributed by atoms with E-state index in [4.69, 9.17) is 14.2 Å². The van der Waals surface area contributed by atoms with Crippen LogP contribution in [0.4, 0.5) is 18.0 Å². The van der Waals surface area contributed by atoms with Gasteiger partial charge in [-0.25, -0.2) is 4.79 Å². The molecule has 2 fully saturated rings. The molecule has 27 heavy (non-hydrogen) atoms. The number of amides is 1. The number of rotatable bonds is 4. The number of carbonyl (C=O) groups excluding carboxylic acids is 1. The fraction of sp³-hybridized carbons (Fsp3) is 0.632. The lowest BCUT2D eigenvalue weighted by Gasteiger charge is -2.43. The summed E-state index contributed by atoms with van der Waals surface area (Å²) in [5, 5.41) is 2.75. The molecule has 0 bridgehead atoms. The smallest absolute Gasteiger partial charge is 0.421 e. The molecule has 1 heterocycles. The standard InChI is InChI=1S/C19H24F3NO4/c1-17(2,3)27-16(24)23-13-10-15(11-13)26-14-6-4-5-12(9-14)18(7-8-25-18)19(20,21)22/h4-6,9,13,15H,7-8,10-11H2,1-3H3,(H,23,24). The van der Waals surface area contributed by atoms with Crippen LogP contribution in [0, 0.1) is 0 Å². The molecule has 2 aliphatic rings. The summed E-state index contributed by atoms with van der Waals surface area (Å²) in [6, 6.07) is 5.90. The average molecular weight is 387 g/mol. The molecule has 8 heteroatoms. The van der Waals surface area contributed by atoms with Crippen molar-refractivity contribution in [3.63, 3.8) is 0 Å². The fourth-order valence-corrected chi connectivity index (χ4v) is 3.19. The molecule has 0 radical (unpaired) electrons. The van der Waals surface area contributed by atoms with Gasteiger partial charge in [-0.05, 0) is 38.5 Å². The Morgan fingerprint density at radius 3 is 2.44 bits per heavy atom. The van der Waals surface area contributed by atoms with Gasteiger partial charge in [0, 0.05) is 25.3 Å². The molecule has 1 aromatic carbocycles. The lowest BCUT2D eigenvalue weighted by Crippen LogP contribution is -2.52. The molecule has 0 aromatic heterocycles. The van der Waals surface area contributed by atoms with E-state index in [1.165, 1.54) is 18.2 Å². The fourth-order valence-electron chi connectivity index (χ4n) is 3.19. The summed E-state index contributed by atoms with van der Waals surface area (Å²) in [6.07, 6.45) is -4.06. The van der Waals surface area contributed by atoms with Crippen molar-refractivity contribution < 1.29 is 32.2 Å². The third-order valence-corrected chi connectivity index (χ3v) is 4.68. The highest BCUT2D eigenvalue weighted by atomic mass is 19.4. The van der Waals surface area contributed by atoms with Crippen LogP contribution in [0.1, 0.15) is 45.6 Å². The molecule has 1 aliphatic heterocycles. The van der Waals surface area contributed by atoms with Gasteiger partial charge in [0.25, 0.3) is 0 Å². The molecule has 1 aromatic rings. The first-order chi connectivity index (χ1) is 12.5. The van der Waals surface area contributed by atoms with Crippen molar-refractivity contribution >= 4 is 6.09 Å². The average Bonchev–Trinajstić information content (AvgIpc) is 2.40. The monoisotopic (exact) mass is 387 g/mol. The van der Waals surface area contributed by atoms with Gasteiger partial charge in [0.1, 0.15) is 17.5 Å². The van der Waals surface area contributed by atoms with Gasteiger partial charge < -0.3 is 19.5 Å². The third kappa shape index (κ3) is 4.31. The number of benzene rings is 1. The SMILES string of the molecule is CC(C)(C)OC(=O)NC1CC(Oc2cccc(C3(C(F)(F)F)CCO3)c2)C1. The van der Waals surface area contributed by atoms with Crippen LogP contribution in [-0.4, -0.2) is 36.6 Å². The molecule has 1 amide bonds. The van der Waals surface area contributed by atoms with Gasteiger partial charge in [0.15, 0.2) is 5.60 Å². The lowest BCUT2D eigenvalue weighted by atomic mass is 9.85. The highest BCUT2D eigenvalue weighted by Gasteiger charge is 2.61. The Balaban J connectivity index is 1.54. The van der Waals surface area contributed by atoms with Crippen molar-refractivity contribution in [2.45, 2.75) is 69.6 Å². The van der Waals surface area contributed by atoms with Gasteiger partial charge in [-0.15, -0.1) is 0 Å². The molecule has 5 nitrogen and oxygen atoms in total. The Hall–Kier alpha value is -1.96. The summed E-state index contributed by atoms with van der Waals surface area (Å²) in [7, 11) is 0. The number of carbonyl (C=O) groups is 1. The quantitative estimate of drug-likeness (QED) is 0.837. The zero-order chi connectivity index (χ0) is 19.9. The Morgan fingerprint density at radius 2 is 1.93 bits per heavy atom. The highest BCUT2D eigenvalue weighted by Crippen LogP contribution is 2.50. The summed E-state index contributed by atoms with van der Waals surface area (Å²) in [4.78, 5) is 11.7. The van der Waals surface area contributed by atoms with E-state index < -0.39 is 23.5 Å². The maximum absolute atomic E-state index is 13.4. The molecule has 1 saturated carbocycles. The van der Waals surface area contributed by atoms with E-state index in [1.807, 2.05) is 0 Å². The van der Waals surface area contributed by atoms with Crippen LogP contribution in [0.2, 0.25) is 0 Å². The second-order valence-corrected chi connectivity index (χ2v) is 8.01. The Kier molecular flexibility index (Phi) is 5.05. The number of nitrogens with one attached hydrogen (secondary N) is 1. The lowest BCUT2D eigenvalue weighted by molar-refractivity contribution is -0.333. The van der Waals surface area contributed by atoms with Crippen molar-refractivity contribution in [1.29, 1.82) is 0 Å². The summed E-state index contributed by atoms with van der Waals surface area (Å²) in [6.45, 7) is 5.44. The highest BCUT2D eigenvalue weighted by molar-refractivity contribution is 5.68. The zero-order valence-electron chi connectivity index (χ0n) is 15.6. The van der Waals surface area contributed by atoms with Crippen LogP contribution in [0.5, 0.6) is 5.75 Å². The summed E-state index contributed by atoms with van der Waals surface area (Å²) in [5.41, 5.74) is -2.74. The molecule has 1 atom stereocenters. The summed E-state index contributed by atoms with van der Waals surface area (Å²) < 4.78 is 56.0. The summed E-state index contributed by atoms with van der Waals surface area (Å²) >= 11 is 0. The Bertz CT molecular complexity index is 689. The van der Waals surface area contributed by atoms with Gasteiger partial charge in [-0.2, -0.15) is 13.2 Å². The van der Waals surface area contributed by atoms with E-state index >= 15 is 0 Å². The third-order valence-electron chi connectivity index (χ3n) is 4.68. The normalized spacial score (nSPS) is 27.9. The predicted octanol–water partition coefficient (Wildman–Crippen LogP) is 4.30. The van der Waals surface area contributed by atoms with Crippen molar-refractivity contribution in [2.75, 3.05) is 6.61 Å². The number of alkyl carbamates (subject to hydrolysis) is 1. The first-order valence-electron chi connectivity index (χ1n) is 8.96. The molecule has 1 N–H and O–H groups in total.